The Morgan fingerprint density at radius 3 is 0.691 bits per heavy atom. The summed E-state index contributed by atoms with van der Waals surface area (Å²) in [5.41, 5.74) is 29.6. The molecule has 0 unspecified atom stereocenters. The van der Waals surface area contributed by atoms with Gasteiger partial charge in [0.25, 0.3) is 0 Å². The highest BCUT2D eigenvalue weighted by Gasteiger charge is 2.48. The molecule has 17 rings (SSSR count). The molecule has 0 radical (unpaired) electrons. The zero-order chi connectivity index (χ0) is 62.4. The number of fused-ring (bicyclic) bond motifs is 6. The monoisotopic (exact) mass is 1200 g/mol. The first-order valence-electron chi connectivity index (χ1n) is 32.5. The molecule has 0 aliphatic heterocycles. The van der Waals surface area contributed by atoms with Gasteiger partial charge in [0, 0.05) is 34.1 Å². The Hall–Kier alpha value is -12.1. The molecule has 15 aromatic rings. The second kappa shape index (κ2) is 23.6. The smallest absolute Gasteiger partial charge is 0.0714 e. The van der Waals surface area contributed by atoms with Crippen molar-refractivity contribution in [3.05, 3.63) is 433 Å². The molecule has 15 aromatic carbocycles. The van der Waals surface area contributed by atoms with Crippen molar-refractivity contribution in [3.8, 4) is 66.8 Å². The Kier molecular flexibility index (Phi) is 14.0. The van der Waals surface area contributed by atoms with Gasteiger partial charge in [-0.25, -0.2) is 0 Å². The van der Waals surface area contributed by atoms with E-state index in [0.29, 0.717) is 0 Å². The third-order valence-corrected chi connectivity index (χ3v) is 19.6. The first-order valence-corrected chi connectivity index (χ1v) is 32.5. The maximum absolute atomic E-state index is 2.47. The molecule has 0 saturated carbocycles. The first-order chi connectivity index (χ1) is 46.6. The summed E-state index contributed by atoms with van der Waals surface area (Å²) in [5.74, 6) is 0. The summed E-state index contributed by atoms with van der Waals surface area (Å²) in [4.78, 5) is 4.90. The summed E-state index contributed by atoms with van der Waals surface area (Å²) < 4.78 is 0. The first kappa shape index (κ1) is 55.9. The van der Waals surface area contributed by atoms with Gasteiger partial charge in [0.1, 0.15) is 0 Å². The number of hydrogen-bond donors (Lipinski definition) is 0. The van der Waals surface area contributed by atoms with E-state index < -0.39 is 10.8 Å². The number of rotatable bonds is 14. The van der Waals surface area contributed by atoms with Crippen LogP contribution in [0.3, 0.4) is 0 Å². The second-order valence-corrected chi connectivity index (χ2v) is 24.7. The molecule has 0 atom stereocenters. The molecule has 0 saturated heterocycles. The summed E-state index contributed by atoms with van der Waals surface area (Å²) in [7, 11) is 0. The fourth-order valence-corrected chi connectivity index (χ4v) is 15.5. The van der Waals surface area contributed by atoms with Crippen LogP contribution in [0.1, 0.15) is 44.5 Å². The quantitative estimate of drug-likeness (QED) is 0.107. The zero-order valence-electron chi connectivity index (χ0n) is 51.8. The van der Waals surface area contributed by atoms with E-state index in [1.165, 1.54) is 77.9 Å². The number of anilines is 6. The van der Waals surface area contributed by atoms with Crippen LogP contribution in [0, 0.1) is 0 Å². The molecule has 0 amide bonds. The fourth-order valence-electron chi connectivity index (χ4n) is 15.5. The Morgan fingerprint density at radius 2 is 0.383 bits per heavy atom. The Balaban J connectivity index is 0.772. The minimum absolute atomic E-state index is 0.552. The van der Waals surface area contributed by atoms with Crippen molar-refractivity contribution in [2.45, 2.75) is 10.8 Å². The molecule has 0 spiro atoms. The van der Waals surface area contributed by atoms with Crippen LogP contribution >= 0.6 is 0 Å². The highest BCUT2D eigenvalue weighted by atomic mass is 15.1. The third kappa shape index (κ3) is 9.41. The minimum atomic E-state index is -0.552. The molecular formula is C92H64N2. The molecule has 0 bridgehead atoms. The molecule has 2 aliphatic carbocycles. The van der Waals surface area contributed by atoms with E-state index in [0.717, 1.165) is 67.5 Å². The molecule has 0 N–H and O–H groups in total. The van der Waals surface area contributed by atoms with Gasteiger partial charge < -0.3 is 9.80 Å². The van der Waals surface area contributed by atoms with Crippen molar-refractivity contribution >= 4 is 34.1 Å². The predicted molar refractivity (Wildman–Crippen MR) is 392 cm³/mol. The van der Waals surface area contributed by atoms with Gasteiger partial charge in [0.2, 0.25) is 0 Å². The van der Waals surface area contributed by atoms with Gasteiger partial charge in [-0.2, -0.15) is 0 Å². The van der Waals surface area contributed by atoms with Crippen LogP contribution in [0.2, 0.25) is 0 Å². The average molecular weight is 1200 g/mol. The van der Waals surface area contributed by atoms with Gasteiger partial charge in [-0.1, -0.05) is 315 Å². The van der Waals surface area contributed by atoms with Gasteiger partial charge in [0.15, 0.2) is 0 Å². The number of hydrogen-bond acceptors (Lipinski definition) is 2. The van der Waals surface area contributed by atoms with Crippen LogP contribution in [0.15, 0.2) is 388 Å². The van der Waals surface area contributed by atoms with Crippen LogP contribution in [-0.4, -0.2) is 0 Å². The van der Waals surface area contributed by atoms with E-state index in [1.54, 1.807) is 0 Å². The lowest BCUT2D eigenvalue weighted by Crippen LogP contribution is -2.28. The van der Waals surface area contributed by atoms with Crippen LogP contribution in [0.25, 0.3) is 66.8 Å². The van der Waals surface area contributed by atoms with E-state index in [4.69, 9.17) is 0 Å². The zero-order valence-corrected chi connectivity index (χ0v) is 51.8. The Morgan fingerprint density at radius 1 is 0.149 bits per heavy atom. The summed E-state index contributed by atoms with van der Waals surface area (Å²) in [6.07, 6.45) is 0. The molecule has 0 heterocycles. The van der Waals surface area contributed by atoms with Crippen molar-refractivity contribution in [3.63, 3.8) is 0 Å². The SMILES string of the molecule is c1ccc(-c2cccc(N(c3cccc(-c4ccc(-c5cccc(N(c6cccc(-c7ccccc7)c6)c6ccc7c(c6)C(c6ccccc6)(c6ccccc6)c6ccccc6-7)c5)cc4)c3)c3ccc4c(c3)C(c3ccccc3)(c3ccccc3)c3ccccc3-4)c2)cc1. The van der Waals surface area contributed by atoms with Gasteiger partial charge in [0.05, 0.1) is 10.8 Å². The lowest BCUT2D eigenvalue weighted by Gasteiger charge is -2.35. The summed E-state index contributed by atoms with van der Waals surface area (Å²) in [6.45, 7) is 0. The van der Waals surface area contributed by atoms with E-state index >= 15 is 0 Å². The number of nitrogens with zero attached hydrogens (tertiary/aromatic N) is 2. The summed E-state index contributed by atoms with van der Waals surface area (Å²) in [6, 6.07) is 143. The van der Waals surface area contributed by atoms with Gasteiger partial charge >= 0.3 is 0 Å². The lowest BCUT2D eigenvalue weighted by atomic mass is 9.67. The number of benzene rings is 15. The van der Waals surface area contributed by atoms with Crippen LogP contribution in [0.4, 0.5) is 34.1 Å². The highest BCUT2D eigenvalue weighted by molar-refractivity contribution is 5.93. The molecular weight excluding hydrogens is 1130 g/mol. The normalized spacial score (nSPS) is 12.9. The van der Waals surface area contributed by atoms with Crippen LogP contribution < -0.4 is 9.80 Å². The molecule has 94 heavy (non-hydrogen) atoms. The topological polar surface area (TPSA) is 6.48 Å². The standard InChI is InChI=1S/C92H64N2/c1-7-27-65(28-8-1)69-31-23-43-77(59-69)93(81-55-57-85-83-47-19-21-49-87(83)91(89(85)63-81,73-35-11-3-12-36-73)74-37-13-4-14-38-74)79-45-25-33-71(61-79)67-51-53-68(54-52-67)72-34-26-46-80(62-72)94(78-44-24-32-70(60-78)66-29-9-2-10-30-66)82-56-58-86-84-48-20-22-50-88(84)92(90(86)64-82,75-39-15-5-16-40-75)76-41-17-6-18-42-76/h1-64H. The van der Waals surface area contributed by atoms with Gasteiger partial charge in [-0.3, -0.25) is 0 Å². The van der Waals surface area contributed by atoms with Crippen molar-refractivity contribution < 1.29 is 0 Å². The highest BCUT2D eigenvalue weighted by Crippen LogP contribution is 2.59. The van der Waals surface area contributed by atoms with E-state index in [1.807, 2.05) is 0 Å². The van der Waals surface area contributed by atoms with E-state index in [-0.39, 0.29) is 0 Å². The largest absolute Gasteiger partial charge is 0.310 e. The maximum Gasteiger partial charge on any atom is 0.0714 e. The predicted octanol–water partition coefficient (Wildman–Crippen LogP) is 24.0. The Bertz CT molecular complexity index is 4830. The molecule has 442 valence electrons. The molecule has 2 heteroatoms. The minimum Gasteiger partial charge on any atom is -0.310 e. The summed E-state index contributed by atoms with van der Waals surface area (Å²) >= 11 is 0. The third-order valence-electron chi connectivity index (χ3n) is 19.6. The molecule has 0 fully saturated rings. The molecule has 2 aliphatic rings. The Labute approximate surface area is 550 Å². The van der Waals surface area contributed by atoms with Crippen molar-refractivity contribution in [1.29, 1.82) is 0 Å². The summed E-state index contributed by atoms with van der Waals surface area (Å²) in [5, 5.41) is 0. The van der Waals surface area contributed by atoms with Crippen molar-refractivity contribution in [2.24, 2.45) is 0 Å². The van der Waals surface area contributed by atoms with Gasteiger partial charge in [-0.05, 0) is 184 Å². The van der Waals surface area contributed by atoms with E-state index in [2.05, 4.69) is 398 Å². The lowest BCUT2D eigenvalue weighted by molar-refractivity contribution is 0.768. The van der Waals surface area contributed by atoms with Crippen LogP contribution in [-0.2, 0) is 10.8 Å². The van der Waals surface area contributed by atoms with Gasteiger partial charge in [-0.15, -0.1) is 0 Å². The molecule has 2 nitrogen and oxygen atoms in total. The fraction of sp³-hybridized carbons (Fsp3) is 0.0217. The molecule has 0 aromatic heterocycles. The maximum atomic E-state index is 2.47. The average Bonchev–Trinajstić information content (AvgIpc) is 1.55. The van der Waals surface area contributed by atoms with Crippen molar-refractivity contribution in [2.75, 3.05) is 9.80 Å². The van der Waals surface area contributed by atoms with Crippen LogP contribution in [0.5, 0.6) is 0 Å². The van der Waals surface area contributed by atoms with E-state index in [9.17, 15) is 0 Å². The second-order valence-electron chi connectivity index (χ2n) is 24.7. The van der Waals surface area contributed by atoms with Crippen molar-refractivity contribution in [1.82, 2.24) is 0 Å².